The van der Waals surface area contributed by atoms with Gasteiger partial charge in [-0.1, -0.05) is 31.9 Å². The minimum Gasteiger partial charge on any atom is -0.508 e. The summed E-state index contributed by atoms with van der Waals surface area (Å²) in [6.07, 6.45) is 0.874. The molecule has 0 amide bonds. The van der Waals surface area contributed by atoms with Gasteiger partial charge < -0.3 is 21.1 Å². The number of phenols is 1. The summed E-state index contributed by atoms with van der Waals surface area (Å²) >= 11 is 0. The van der Waals surface area contributed by atoms with Gasteiger partial charge in [0, 0.05) is 6.42 Å². The third-order valence-electron chi connectivity index (χ3n) is 3.26. The highest BCUT2D eigenvalue weighted by Crippen LogP contribution is 2.21. The number of carbonyl (C=O) groups is 1. The van der Waals surface area contributed by atoms with Gasteiger partial charge >= 0.3 is 5.97 Å². The van der Waals surface area contributed by atoms with E-state index < -0.39 is 17.6 Å². The van der Waals surface area contributed by atoms with Crippen molar-refractivity contribution in [2.75, 3.05) is 0 Å². The lowest BCUT2D eigenvalue weighted by atomic mass is 9.84. The number of carboxylic acids is 1. The van der Waals surface area contributed by atoms with Gasteiger partial charge in [0.1, 0.15) is 11.3 Å². The van der Waals surface area contributed by atoms with Crippen LogP contribution in [-0.4, -0.2) is 32.9 Å². The first-order chi connectivity index (χ1) is 8.90. The molecular weight excluding hydrogens is 246 g/mol. The van der Waals surface area contributed by atoms with Gasteiger partial charge in [0.2, 0.25) is 0 Å². The first kappa shape index (κ1) is 15.5. The number of unbranched alkanes of at least 4 members (excludes halogenated alkanes) is 1. The van der Waals surface area contributed by atoms with Gasteiger partial charge in [0.05, 0.1) is 6.10 Å². The lowest BCUT2D eigenvalue weighted by Gasteiger charge is -2.30. The van der Waals surface area contributed by atoms with E-state index in [2.05, 4.69) is 0 Å². The van der Waals surface area contributed by atoms with Crippen LogP contribution in [0, 0.1) is 0 Å². The highest BCUT2D eigenvalue weighted by Gasteiger charge is 2.41. The number of hydrogen-bond acceptors (Lipinski definition) is 4. The number of rotatable bonds is 7. The van der Waals surface area contributed by atoms with E-state index in [9.17, 15) is 20.1 Å². The molecule has 1 aromatic rings. The van der Waals surface area contributed by atoms with Crippen LogP contribution >= 0.6 is 0 Å². The monoisotopic (exact) mass is 267 g/mol. The average molecular weight is 267 g/mol. The summed E-state index contributed by atoms with van der Waals surface area (Å²) < 4.78 is 0. The molecule has 0 aliphatic heterocycles. The largest absolute Gasteiger partial charge is 0.508 e. The van der Waals surface area contributed by atoms with Gasteiger partial charge in [-0.05, 0) is 24.1 Å². The molecule has 2 atom stereocenters. The number of benzene rings is 1. The van der Waals surface area contributed by atoms with Crippen LogP contribution in [0.5, 0.6) is 5.75 Å². The van der Waals surface area contributed by atoms with Gasteiger partial charge in [-0.15, -0.1) is 0 Å². The molecule has 0 radical (unpaired) electrons. The molecule has 1 rings (SSSR count). The zero-order chi connectivity index (χ0) is 14.5. The quantitative estimate of drug-likeness (QED) is 0.595. The molecule has 0 aliphatic carbocycles. The van der Waals surface area contributed by atoms with E-state index in [1.165, 1.54) is 12.1 Å². The molecule has 0 aliphatic rings. The van der Waals surface area contributed by atoms with Gasteiger partial charge in [0.25, 0.3) is 0 Å². The fourth-order valence-corrected chi connectivity index (χ4v) is 1.94. The van der Waals surface area contributed by atoms with E-state index in [1.54, 1.807) is 12.1 Å². The van der Waals surface area contributed by atoms with Crippen molar-refractivity contribution in [1.82, 2.24) is 0 Å². The van der Waals surface area contributed by atoms with E-state index in [1.807, 2.05) is 6.92 Å². The number of aromatic hydroxyl groups is 1. The third-order valence-corrected chi connectivity index (χ3v) is 3.26. The number of aliphatic hydroxyl groups is 1. The highest BCUT2D eigenvalue weighted by molar-refractivity contribution is 5.80. The summed E-state index contributed by atoms with van der Waals surface area (Å²) in [4.78, 5) is 11.4. The zero-order valence-electron chi connectivity index (χ0n) is 11.0. The maximum atomic E-state index is 11.4. The minimum absolute atomic E-state index is 0.0213. The Hall–Kier alpha value is -1.59. The standard InChI is InChI=1S/C14H21NO4/c1-2-3-4-12(17)14(15,13(18)19)9-10-5-7-11(16)8-6-10/h5-8,12,16-17H,2-4,9,15H2,1H3,(H,18,19)/t12?,14-/m1/s1. The van der Waals surface area contributed by atoms with Crippen LogP contribution in [0.4, 0.5) is 0 Å². The van der Waals surface area contributed by atoms with Crippen LogP contribution in [0.2, 0.25) is 0 Å². The zero-order valence-corrected chi connectivity index (χ0v) is 11.0. The van der Waals surface area contributed by atoms with E-state index in [-0.39, 0.29) is 12.2 Å². The Labute approximate surface area is 112 Å². The molecule has 0 fully saturated rings. The molecule has 106 valence electrons. The molecule has 5 heteroatoms. The SMILES string of the molecule is CCCCC(O)[C@](N)(Cc1ccc(O)cc1)C(=O)O. The van der Waals surface area contributed by atoms with Crippen LogP contribution in [0.3, 0.4) is 0 Å². The van der Waals surface area contributed by atoms with Gasteiger partial charge in [-0.2, -0.15) is 0 Å². The first-order valence-electron chi connectivity index (χ1n) is 6.38. The summed E-state index contributed by atoms with van der Waals surface area (Å²) in [6.45, 7) is 1.96. The first-order valence-corrected chi connectivity index (χ1v) is 6.38. The van der Waals surface area contributed by atoms with E-state index in [0.29, 0.717) is 12.0 Å². The van der Waals surface area contributed by atoms with E-state index in [0.717, 1.165) is 12.8 Å². The Morgan fingerprint density at radius 1 is 1.37 bits per heavy atom. The van der Waals surface area contributed by atoms with Crippen LogP contribution < -0.4 is 5.73 Å². The van der Waals surface area contributed by atoms with Crippen LogP contribution in [0.25, 0.3) is 0 Å². The van der Waals surface area contributed by atoms with Crippen molar-refractivity contribution in [3.05, 3.63) is 29.8 Å². The topological polar surface area (TPSA) is 104 Å². The number of hydrogen-bond donors (Lipinski definition) is 4. The van der Waals surface area contributed by atoms with Crippen molar-refractivity contribution >= 4 is 5.97 Å². The Morgan fingerprint density at radius 3 is 2.42 bits per heavy atom. The van der Waals surface area contributed by atoms with Crippen LogP contribution in [0.1, 0.15) is 31.7 Å². The summed E-state index contributed by atoms with van der Waals surface area (Å²) in [5.41, 5.74) is 4.85. The Bertz CT molecular complexity index is 418. The lowest BCUT2D eigenvalue weighted by molar-refractivity contribution is -0.148. The Balaban J connectivity index is 2.87. The molecular formula is C14H21NO4. The molecule has 0 saturated heterocycles. The molecule has 1 aromatic carbocycles. The van der Waals surface area contributed by atoms with E-state index in [4.69, 9.17) is 5.73 Å². The molecule has 0 heterocycles. The Morgan fingerprint density at radius 2 is 1.95 bits per heavy atom. The fourth-order valence-electron chi connectivity index (χ4n) is 1.94. The number of aliphatic hydroxyl groups excluding tert-OH is 1. The number of phenolic OH excluding ortho intramolecular Hbond substituents is 1. The van der Waals surface area contributed by atoms with Crippen molar-refractivity contribution in [2.45, 2.75) is 44.2 Å². The summed E-state index contributed by atoms with van der Waals surface area (Å²) in [5, 5.41) is 28.5. The van der Waals surface area contributed by atoms with Crippen molar-refractivity contribution < 1.29 is 20.1 Å². The minimum atomic E-state index is -1.70. The second-order valence-corrected chi connectivity index (χ2v) is 4.85. The molecule has 19 heavy (non-hydrogen) atoms. The number of aliphatic carboxylic acids is 1. The smallest absolute Gasteiger partial charge is 0.326 e. The molecule has 0 bridgehead atoms. The van der Waals surface area contributed by atoms with Crippen LogP contribution in [0.15, 0.2) is 24.3 Å². The van der Waals surface area contributed by atoms with Crippen molar-refractivity contribution in [3.63, 3.8) is 0 Å². The lowest BCUT2D eigenvalue weighted by Crippen LogP contribution is -2.59. The predicted octanol–water partition coefficient (Wildman–Crippen LogP) is 1.27. The molecule has 0 saturated carbocycles. The average Bonchev–Trinajstić information content (AvgIpc) is 2.38. The molecule has 0 spiro atoms. The third kappa shape index (κ3) is 3.94. The van der Waals surface area contributed by atoms with Gasteiger partial charge in [0.15, 0.2) is 0 Å². The maximum absolute atomic E-state index is 11.4. The maximum Gasteiger partial charge on any atom is 0.326 e. The summed E-state index contributed by atoms with van der Waals surface area (Å²) in [7, 11) is 0. The molecule has 5 nitrogen and oxygen atoms in total. The van der Waals surface area contributed by atoms with Crippen LogP contribution in [-0.2, 0) is 11.2 Å². The predicted molar refractivity (Wildman–Crippen MR) is 71.9 cm³/mol. The van der Waals surface area contributed by atoms with Crippen molar-refractivity contribution in [2.24, 2.45) is 5.73 Å². The Kier molecular flexibility index (Phi) is 5.32. The van der Waals surface area contributed by atoms with Gasteiger partial charge in [-0.3, -0.25) is 4.79 Å². The normalized spacial score (nSPS) is 15.7. The second kappa shape index (κ2) is 6.54. The van der Waals surface area contributed by atoms with Gasteiger partial charge in [-0.25, -0.2) is 0 Å². The molecule has 0 aromatic heterocycles. The van der Waals surface area contributed by atoms with Crippen molar-refractivity contribution in [1.29, 1.82) is 0 Å². The molecule has 1 unspecified atom stereocenters. The van der Waals surface area contributed by atoms with E-state index >= 15 is 0 Å². The summed E-state index contributed by atoms with van der Waals surface area (Å²) in [5.74, 6) is -1.11. The summed E-state index contributed by atoms with van der Waals surface area (Å²) in [6, 6.07) is 6.14. The molecule has 5 N–H and O–H groups in total. The number of carboxylic acid groups (broad SMARTS) is 1. The van der Waals surface area contributed by atoms with Crippen molar-refractivity contribution in [3.8, 4) is 5.75 Å². The second-order valence-electron chi connectivity index (χ2n) is 4.85. The fraction of sp³-hybridized carbons (Fsp3) is 0.500. The number of nitrogens with two attached hydrogens (primary N) is 1. The highest BCUT2D eigenvalue weighted by atomic mass is 16.4.